The van der Waals surface area contributed by atoms with Crippen molar-refractivity contribution in [1.82, 2.24) is 4.31 Å². The minimum atomic E-state index is -4.00. The molecule has 1 aromatic carbocycles. The third-order valence-corrected chi connectivity index (χ3v) is 6.92. The van der Waals surface area contributed by atoms with Crippen LogP contribution in [0.4, 0.5) is 10.1 Å². The number of amides is 1. The second-order valence-corrected chi connectivity index (χ2v) is 8.21. The Balaban J connectivity index is 2.31. The van der Waals surface area contributed by atoms with E-state index in [-0.39, 0.29) is 44.4 Å². The molecule has 3 N–H and O–H groups in total. The smallest absolute Gasteiger partial charge is 0.246 e. The number of nitrogens with one attached hydrogen (secondary N) is 1. The van der Waals surface area contributed by atoms with Crippen molar-refractivity contribution in [1.29, 1.82) is 0 Å². The van der Waals surface area contributed by atoms with Crippen LogP contribution in [0.15, 0.2) is 23.1 Å². The molecule has 2 rings (SSSR count). The van der Waals surface area contributed by atoms with Crippen LogP contribution in [0.25, 0.3) is 0 Å². The molecule has 0 atom stereocenters. The van der Waals surface area contributed by atoms with Gasteiger partial charge >= 0.3 is 0 Å². The number of carbonyl (C=O) groups excluding carboxylic acids is 1. The molecule has 26 heavy (non-hydrogen) atoms. The molecule has 9 heteroatoms. The predicted octanol–water partition coefficient (Wildman–Crippen LogP) is 1.55. The maximum absolute atomic E-state index is 14.2. The first-order valence-electron chi connectivity index (χ1n) is 8.69. The van der Waals surface area contributed by atoms with Crippen LogP contribution >= 0.6 is 0 Å². The summed E-state index contributed by atoms with van der Waals surface area (Å²) in [6.45, 7) is 4.78. The number of sulfonamides is 1. The zero-order valence-corrected chi connectivity index (χ0v) is 15.9. The average Bonchev–Trinajstić information content (AvgIpc) is 2.66. The molecule has 0 aliphatic carbocycles. The summed E-state index contributed by atoms with van der Waals surface area (Å²) in [6.07, 6.45) is 1.10. The molecule has 1 heterocycles. The second kappa shape index (κ2) is 8.43. The van der Waals surface area contributed by atoms with Gasteiger partial charge in [0.15, 0.2) is 0 Å². The number of morpholine rings is 1. The third kappa shape index (κ3) is 4.06. The number of nitrogens with two attached hydrogens (primary N) is 1. The van der Waals surface area contributed by atoms with Crippen molar-refractivity contribution in [3.05, 3.63) is 24.0 Å². The highest BCUT2D eigenvalue weighted by molar-refractivity contribution is 7.89. The highest BCUT2D eigenvalue weighted by Gasteiger charge is 2.34. The van der Waals surface area contributed by atoms with E-state index in [9.17, 15) is 17.6 Å². The van der Waals surface area contributed by atoms with E-state index in [2.05, 4.69) is 5.32 Å². The fourth-order valence-electron chi connectivity index (χ4n) is 2.92. The molecule has 1 aliphatic heterocycles. The number of benzene rings is 1. The number of ether oxygens (including phenoxy) is 1. The standard InChI is InChI=1S/C17H26FN3O4S/c1-3-17(4-2,12-19)16(22)20-13-5-6-14(18)15(11-13)26(23,24)21-7-9-25-10-8-21/h5-6,11H,3-4,7-10,12,19H2,1-2H3,(H,20,22). The van der Waals surface area contributed by atoms with Gasteiger partial charge in [-0.2, -0.15) is 4.31 Å². The number of carbonyl (C=O) groups is 1. The third-order valence-electron chi connectivity index (χ3n) is 5.00. The van der Waals surface area contributed by atoms with Gasteiger partial charge in [0.1, 0.15) is 10.7 Å². The minimum absolute atomic E-state index is 0.167. The normalized spacial score (nSPS) is 16.5. The number of nitrogens with zero attached hydrogens (tertiary/aromatic N) is 1. The highest BCUT2D eigenvalue weighted by Crippen LogP contribution is 2.29. The first-order chi connectivity index (χ1) is 12.3. The summed E-state index contributed by atoms with van der Waals surface area (Å²) in [4.78, 5) is 12.2. The zero-order valence-electron chi connectivity index (χ0n) is 15.1. The molecule has 1 fully saturated rings. The van der Waals surface area contributed by atoms with Crippen LogP contribution in [0.5, 0.6) is 0 Å². The van der Waals surface area contributed by atoms with E-state index in [0.717, 1.165) is 12.1 Å². The van der Waals surface area contributed by atoms with Gasteiger partial charge in [-0.05, 0) is 31.0 Å². The van der Waals surface area contributed by atoms with Gasteiger partial charge in [0.05, 0.1) is 18.6 Å². The lowest BCUT2D eigenvalue weighted by Crippen LogP contribution is -2.42. The zero-order chi connectivity index (χ0) is 19.4. The van der Waals surface area contributed by atoms with Crippen molar-refractivity contribution >= 4 is 21.6 Å². The van der Waals surface area contributed by atoms with E-state index in [1.807, 2.05) is 13.8 Å². The number of halogens is 1. The molecule has 1 aromatic rings. The first kappa shape index (κ1) is 20.8. The van der Waals surface area contributed by atoms with Gasteiger partial charge in [-0.25, -0.2) is 12.8 Å². The average molecular weight is 387 g/mol. The van der Waals surface area contributed by atoms with Gasteiger partial charge in [-0.15, -0.1) is 0 Å². The van der Waals surface area contributed by atoms with E-state index in [0.29, 0.717) is 12.8 Å². The lowest BCUT2D eigenvalue weighted by Gasteiger charge is -2.29. The summed E-state index contributed by atoms with van der Waals surface area (Å²) >= 11 is 0. The molecule has 7 nitrogen and oxygen atoms in total. The lowest BCUT2D eigenvalue weighted by atomic mass is 9.81. The maximum Gasteiger partial charge on any atom is 0.246 e. The maximum atomic E-state index is 14.2. The van der Waals surface area contributed by atoms with Crippen molar-refractivity contribution in [3.8, 4) is 0 Å². The Morgan fingerprint density at radius 3 is 2.46 bits per heavy atom. The van der Waals surface area contributed by atoms with Crippen LogP contribution in [0.2, 0.25) is 0 Å². The predicted molar refractivity (Wildman–Crippen MR) is 96.7 cm³/mol. The van der Waals surface area contributed by atoms with E-state index >= 15 is 0 Å². The molecule has 0 spiro atoms. The molecule has 0 unspecified atom stereocenters. The molecule has 1 aliphatic rings. The molecule has 0 saturated carbocycles. The fourth-order valence-corrected chi connectivity index (χ4v) is 4.42. The van der Waals surface area contributed by atoms with Gasteiger partial charge < -0.3 is 15.8 Å². The number of rotatable bonds is 7. The monoisotopic (exact) mass is 387 g/mol. The minimum Gasteiger partial charge on any atom is -0.379 e. The lowest BCUT2D eigenvalue weighted by molar-refractivity contribution is -0.125. The number of hydrogen-bond donors (Lipinski definition) is 2. The summed E-state index contributed by atoms with van der Waals surface area (Å²) in [7, 11) is -4.00. The van der Waals surface area contributed by atoms with Crippen LogP contribution < -0.4 is 11.1 Å². The van der Waals surface area contributed by atoms with Crippen LogP contribution in [0.3, 0.4) is 0 Å². The molecule has 0 bridgehead atoms. The van der Waals surface area contributed by atoms with Gasteiger partial charge in [0.25, 0.3) is 0 Å². The van der Waals surface area contributed by atoms with Crippen LogP contribution in [-0.2, 0) is 19.6 Å². The van der Waals surface area contributed by atoms with Crippen LogP contribution in [-0.4, -0.2) is 51.5 Å². The summed E-state index contributed by atoms with van der Waals surface area (Å²) in [5.41, 5.74) is 5.26. The van der Waals surface area contributed by atoms with Crippen molar-refractivity contribution in [3.63, 3.8) is 0 Å². The largest absolute Gasteiger partial charge is 0.379 e. The Labute approximate surface area is 153 Å². The summed E-state index contributed by atoms with van der Waals surface area (Å²) in [6, 6.07) is 3.55. The van der Waals surface area contributed by atoms with Gasteiger partial charge in [0, 0.05) is 25.3 Å². The molecule has 0 aromatic heterocycles. The Morgan fingerprint density at radius 1 is 1.31 bits per heavy atom. The molecule has 1 amide bonds. The fraction of sp³-hybridized carbons (Fsp3) is 0.588. The van der Waals surface area contributed by atoms with E-state index in [4.69, 9.17) is 10.5 Å². The second-order valence-electron chi connectivity index (χ2n) is 6.31. The van der Waals surface area contributed by atoms with Crippen molar-refractivity contribution in [2.75, 3.05) is 38.2 Å². The molecule has 146 valence electrons. The van der Waals surface area contributed by atoms with E-state index in [1.165, 1.54) is 10.4 Å². The highest BCUT2D eigenvalue weighted by atomic mass is 32.2. The van der Waals surface area contributed by atoms with Gasteiger partial charge in [-0.1, -0.05) is 13.8 Å². The van der Waals surface area contributed by atoms with E-state index in [1.54, 1.807) is 0 Å². The Morgan fingerprint density at radius 2 is 1.92 bits per heavy atom. The molecule has 0 radical (unpaired) electrons. The molecule has 1 saturated heterocycles. The molecular formula is C17H26FN3O4S. The quantitative estimate of drug-likeness (QED) is 0.739. The van der Waals surface area contributed by atoms with Gasteiger partial charge in [-0.3, -0.25) is 4.79 Å². The van der Waals surface area contributed by atoms with Gasteiger partial charge in [0.2, 0.25) is 15.9 Å². The molecular weight excluding hydrogens is 361 g/mol. The van der Waals surface area contributed by atoms with Crippen LogP contribution in [0, 0.1) is 11.2 Å². The summed E-state index contributed by atoms with van der Waals surface area (Å²) in [5.74, 6) is -1.16. The Bertz CT molecular complexity index is 736. The van der Waals surface area contributed by atoms with Crippen molar-refractivity contribution < 1.29 is 22.3 Å². The first-order valence-corrected chi connectivity index (χ1v) is 10.1. The van der Waals surface area contributed by atoms with Crippen molar-refractivity contribution in [2.45, 2.75) is 31.6 Å². The van der Waals surface area contributed by atoms with Crippen molar-refractivity contribution in [2.24, 2.45) is 11.1 Å². The number of hydrogen-bond acceptors (Lipinski definition) is 5. The topological polar surface area (TPSA) is 102 Å². The summed E-state index contributed by atoms with van der Waals surface area (Å²) < 4.78 is 46.0. The number of anilines is 1. The van der Waals surface area contributed by atoms with E-state index < -0.39 is 26.2 Å². The summed E-state index contributed by atoms with van der Waals surface area (Å²) in [5, 5.41) is 2.68. The Kier molecular flexibility index (Phi) is 6.73. The van der Waals surface area contributed by atoms with Crippen LogP contribution in [0.1, 0.15) is 26.7 Å². The SMILES string of the molecule is CCC(CC)(CN)C(=O)Nc1ccc(F)c(S(=O)(=O)N2CCOCC2)c1. The Hall–Kier alpha value is -1.55.